The van der Waals surface area contributed by atoms with Gasteiger partial charge < -0.3 is 0 Å². The Morgan fingerprint density at radius 1 is 0.453 bits per heavy atom. The Balaban J connectivity index is 0.968. The molecule has 8 aromatic carbocycles. The summed E-state index contributed by atoms with van der Waals surface area (Å²) >= 11 is 0. The van der Waals surface area contributed by atoms with Gasteiger partial charge in [-0.3, -0.25) is 0 Å². The van der Waals surface area contributed by atoms with Crippen LogP contribution in [0.15, 0.2) is 230 Å². The maximum absolute atomic E-state index is 5.18. The van der Waals surface area contributed by atoms with Crippen LogP contribution in [0.2, 0.25) is 0 Å². The summed E-state index contributed by atoms with van der Waals surface area (Å²) in [5.74, 6) is 2.10. The summed E-state index contributed by atoms with van der Waals surface area (Å²) in [5, 5.41) is 4.52. The molecule has 0 radical (unpaired) electrons. The van der Waals surface area contributed by atoms with Crippen LogP contribution in [0.5, 0.6) is 0 Å². The van der Waals surface area contributed by atoms with Crippen LogP contribution in [-0.4, -0.2) is 15.0 Å². The first kappa shape index (κ1) is 37.7. The van der Waals surface area contributed by atoms with Crippen molar-refractivity contribution in [2.45, 2.75) is 19.3 Å². The van der Waals surface area contributed by atoms with E-state index in [1.165, 1.54) is 55.7 Å². The molecule has 3 heteroatoms. The molecule has 1 unspecified atom stereocenters. The predicted molar refractivity (Wildman–Crippen MR) is 265 cm³/mol. The monoisotopic (exact) mass is 817 g/mol. The number of allylic oxidation sites excluding steroid dienone is 10. The van der Waals surface area contributed by atoms with E-state index in [1.807, 2.05) is 0 Å². The zero-order valence-electron chi connectivity index (χ0n) is 35.7. The normalized spacial score (nSPS) is 17.6. The van der Waals surface area contributed by atoms with E-state index in [0.717, 1.165) is 43.8 Å². The zero-order valence-corrected chi connectivity index (χ0v) is 35.7. The first-order valence-corrected chi connectivity index (χ1v) is 22.2. The third-order valence-corrected chi connectivity index (χ3v) is 13.5. The molecule has 0 aliphatic heterocycles. The maximum Gasteiger partial charge on any atom is 0.164 e. The van der Waals surface area contributed by atoms with Gasteiger partial charge in [0, 0.05) is 22.6 Å². The van der Waals surface area contributed by atoms with Crippen LogP contribution >= 0.6 is 0 Å². The molecule has 302 valence electrons. The quantitative estimate of drug-likeness (QED) is 0.174. The number of rotatable bonds is 5. The molecule has 1 spiro atoms. The van der Waals surface area contributed by atoms with Gasteiger partial charge in [0.15, 0.2) is 17.5 Å². The van der Waals surface area contributed by atoms with E-state index < -0.39 is 5.41 Å². The first-order valence-electron chi connectivity index (χ1n) is 22.2. The maximum atomic E-state index is 5.18. The Morgan fingerprint density at radius 3 is 1.50 bits per heavy atom. The van der Waals surface area contributed by atoms with Crippen LogP contribution in [0.1, 0.15) is 41.7 Å². The van der Waals surface area contributed by atoms with Gasteiger partial charge in [0.2, 0.25) is 0 Å². The van der Waals surface area contributed by atoms with Crippen LogP contribution in [0.4, 0.5) is 0 Å². The summed E-state index contributed by atoms with van der Waals surface area (Å²) in [4.78, 5) is 15.5. The average molecular weight is 818 g/mol. The molecule has 12 rings (SSSR count). The molecule has 1 heterocycles. The molecule has 0 fully saturated rings. The smallest absolute Gasteiger partial charge is 0.164 e. The first-order chi connectivity index (χ1) is 31.6. The van der Waals surface area contributed by atoms with Crippen LogP contribution in [0.3, 0.4) is 0 Å². The summed E-state index contributed by atoms with van der Waals surface area (Å²) in [7, 11) is 0. The minimum absolute atomic E-state index is 0.143. The molecule has 0 bridgehead atoms. The molecular weight excluding hydrogens is 775 g/mol. The van der Waals surface area contributed by atoms with Crippen LogP contribution in [-0.2, 0) is 5.41 Å². The zero-order chi connectivity index (χ0) is 42.8. The van der Waals surface area contributed by atoms with E-state index >= 15 is 0 Å². The fourth-order valence-corrected chi connectivity index (χ4v) is 10.7. The molecule has 64 heavy (non-hydrogen) atoms. The van der Waals surface area contributed by atoms with Crippen LogP contribution in [0, 0.1) is 5.92 Å². The van der Waals surface area contributed by atoms with Crippen molar-refractivity contribution < 1.29 is 0 Å². The topological polar surface area (TPSA) is 38.7 Å². The van der Waals surface area contributed by atoms with Crippen molar-refractivity contribution in [3.63, 3.8) is 0 Å². The fraction of sp³-hybridized carbons (Fsp3) is 0.0656. The second-order valence-corrected chi connectivity index (χ2v) is 17.0. The predicted octanol–water partition coefficient (Wildman–Crippen LogP) is 15.1. The molecule has 3 aliphatic rings. The Labute approximate surface area is 373 Å². The van der Waals surface area contributed by atoms with Gasteiger partial charge in [-0.15, -0.1) is 0 Å². The van der Waals surface area contributed by atoms with Crippen molar-refractivity contribution in [3.8, 4) is 45.3 Å². The van der Waals surface area contributed by atoms with Crippen molar-refractivity contribution in [2.24, 2.45) is 5.92 Å². The van der Waals surface area contributed by atoms with Gasteiger partial charge in [-0.1, -0.05) is 225 Å². The summed E-state index contributed by atoms with van der Waals surface area (Å²) < 4.78 is 0. The van der Waals surface area contributed by atoms with Gasteiger partial charge in [-0.25, -0.2) is 15.0 Å². The second-order valence-electron chi connectivity index (χ2n) is 17.0. The highest BCUT2D eigenvalue weighted by molar-refractivity contribution is 6.02. The number of aromatic nitrogens is 3. The molecular formula is C61H43N3. The number of benzene rings is 8. The number of hydrogen-bond donors (Lipinski definition) is 0. The fourth-order valence-electron chi connectivity index (χ4n) is 10.7. The molecule has 3 nitrogen and oxygen atoms in total. The van der Waals surface area contributed by atoms with Gasteiger partial charge in [-0.2, -0.15) is 0 Å². The second kappa shape index (κ2) is 15.1. The molecule has 3 aliphatic carbocycles. The lowest BCUT2D eigenvalue weighted by Crippen LogP contribution is -2.28. The summed E-state index contributed by atoms with van der Waals surface area (Å²) in [6.45, 7) is 4.45. The SMILES string of the molecule is C\C=C/C=C1\C(=C2/C=CC(c3ccc(-c4nc(-c5cccc6ccccc56)nc(-c5cccc6ccccc56)n4)cc3)=CC2C)C2(c3ccccc31)c1ccccc1-c1ccccc12. The number of fused-ring (bicyclic) bond motifs is 9. The summed E-state index contributed by atoms with van der Waals surface area (Å²) in [5.41, 5.74) is 16.8. The highest BCUT2D eigenvalue weighted by Gasteiger charge is 2.54. The summed E-state index contributed by atoms with van der Waals surface area (Å²) in [6.07, 6.45) is 13.8. The highest BCUT2D eigenvalue weighted by Crippen LogP contribution is 2.65. The minimum atomic E-state index is -0.432. The molecule has 0 N–H and O–H groups in total. The van der Waals surface area contributed by atoms with Gasteiger partial charge in [0.1, 0.15) is 0 Å². The van der Waals surface area contributed by atoms with E-state index in [4.69, 9.17) is 15.0 Å². The molecule has 0 saturated carbocycles. The largest absolute Gasteiger partial charge is 0.208 e. The average Bonchev–Trinajstić information content (AvgIpc) is 3.82. The lowest BCUT2D eigenvalue weighted by atomic mass is 9.67. The lowest BCUT2D eigenvalue weighted by Gasteiger charge is -2.34. The van der Waals surface area contributed by atoms with Gasteiger partial charge in [0.05, 0.1) is 5.41 Å². The van der Waals surface area contributed by atoms with Gasteiger partial charge in [0.25, 0.3) is 0 Å². The third-order valence-electron chi connectivity index (χ3n) is 13.5. The van der Waals surface area contributed by atoms with Gasteiger partial charge in [-0.05, 0) is 89.7 Å². The van der Waals surface area contributed by atoms with E-state index in [1.54, 1.807) is 0 Å². The molecule has 1 aromatic heterocycles. The molecule has 0 saturated heterocycles. The van der Waals surface area contributed by atoms with E-state index in [-0.39, 0.29) is 5.92 Å². The Morgan fingerprint density at radius 2 is 0.922 bits per heavy atom. The summed E-state index contributed by atoms with van der Waals surface area (Å²) in [6, 6.07) is 65.4. The van der Waals surface area contributed by atoms with Crippen molar-refractivity contribution in [2.75, 3.05) is 0 Å². The number of hydrogen-bond acceptors (Lipinski definition) is 3. The van der Waals surface area contributed by atoms with Crippen molar-refractivity contribution in [1.82, 2.24) is 15.0 Å². The standard InChI is InChI=1S/C61H43N3/c1-3-4-21-51-50-26-11-14-31-56(50)61(54-29-12-9-24-48(54)49-25-10-13-30-55(49)61)57(51)45-37-36-44(38-39(45)2)40-32-34-43(35-33-40)58-62-59(52-27-15-19-41-17-5-7-22-46(41)52)64-60(63-58)53-28-16-20-42-18-6-8-23-47(42)53/h3-39H,1-2H3/b4-3-,51-21-,57-45-. The Bertz CT molecular complexity index is 3370. The van der Waals surface area contributed by atoms with Gasteiger partial charge >= 0.3 is 0 Å². The lowest BCUT2D eigenvalue weighted by molar-refractivity contribution is 0.758. The molecule has 9 aromatic rings. The molecule has 0 amide bonds. The van der Waals surface area contributed by atoms with E-state index in [2.05, 4.69) is 232 Å². The highest BCUT2D eigenvalue weighted by atomic mass is 15.0. The number of nitrogens with zero attached hydrogens (tertiary/aromatic N) is 3. The van der Waals surface area contributed by atoms with E-state index in [0.29, 0.717) is 17.5 Å². The Hall–Kier alpha value is -8.01. The van der Waals surface area contributed by atoms with Crippen LogP contribution < -0.4 is 0 Å². The third kappa shape index (κ3) is 5.78. The van der Waals surface area contributed by atoms with Crippen LogP contribution in [0.25, 0.3) is 78.0 Å². The van der Waals surface area contributed by atoms with Crippen molar-refractivity contribution >= 4 is 32.7 Å². The Kier molecular flexibility index (Phi) is 8.91. The van der Waals surface area contributed by atoms with E-state index in [9.17, 15) is 0 Å². The van der Waals surface area contributed by atoms with Crippen molar-refractivity contribution in [3.05, 3.63) is 257 Å². The van der Waals surface area contributed by atoms with Crippen molar-refractivity contribution in [1.29, 1.82) is 0 Å². The minimum Gasteiger partial charge on any atom is -0.208 e. The molecule has 1 atom stereocenters.